The number of fused-ring (bicyclic) bond motifs is 1. The van der Waals surface area contributed by atoms with Crippen molar-refractivity contribution in [2.45, 2.75) is 13.0 Å². The number of hydrogen-bond acceptors (Lipinski definition) is 3. The Balaban J connectivity index is 2.35. The van der Waals surface area contributed by atoms with Gasteiger partial charge < -0.3 is 10.5 Å². The second-order valence-corrected chi connectivity index (χ2v) is 3.73. The van der Waals surface area contributed by atoms with Gasteiger partial charge in [0.1, 0.15) is 6.61 Å². The molecule has 0 spiro atoms. The first-order valence-electron chi connectivity index (χ1n) is 4.98. The first-order valence-corrected chi connectivity index (χ1v) is 4.98. The zero-order chi connectivity index (χ0) is 10.8. The molecule has 0 fully saturated rings. The van der Waals surface area contributed by atoms with E-state index in [2.05, 4.69) is 5.10 Å². The molecule has 0 aliphatic heterocycles. The molecule has 0 saturated carbocycles. The lowest BCUT2D eigenvalue weighted by Crippen LogP contribution is -2.23. The van der Waals surface area contributed by atoms with E-state index in [4.69, 9.17) is 10.5 Å². The van der Waals surface area contributed by atoms with Gasteiger partial charge in [-0.15, -0.1) is 5.10 Å². The molecule has 0 saturated heterocycles. The summed E-state index contributed by atoms with van der Waals surface area (Å²) < 4.78 is 7.36. The monoisotopic (exact) mass is 205 g/mol. The molecule has 1 aromatic carbocycles. The van der Waals surface area contributed by atoms with Gasteiger partial charge >= 0.3 is 0 Å². The molecule has 0 radical (unpaired) electrons. The Morgan fingerprint density at radius 1 is 1.47 bits per heavy atom. The van der Waals surface area contributed by atoms with E-state index in [1.165, 1.54) is 0 Å². The third kappa shape index (κ3) is 1.94. The van der Waals surface area contributed by atoms with Gasteiger partial charge in [-0.1, -0.05) is 12.1 Å². The minimum Gasteiger partial charge on any atom is -0.475 e. The lowest BCUT2D eigenvalue weighted by atomic mass is 10.2. The van der Waals surface area contributed by atoms with E-state index in [9.17, 15) is 0 Å². The van der Waals surface area contributed by atoms with Gasteiger partial charge in [0.05, 0.1) is 10.9 Å². The average Bonchev–Trinajstić information content (AvgIpc) is 2.54. The summed E-state index contributed by atoms with van der Waals surface area (Å²) in [4.78, 5) is 0. The van der Waals surface area contributed by atoms with Gasteiger partial charge in [0, 0.05) is 13.1 Å². The van der Waals surface area contributed by atoms with Crippen LogP contribution in [0, 0.1) is 0 Å². The number of nitrogens with two attached hydrogens (primary N) is 1. The van der Waals surface area contributed by atoms with Crippen molar-refractivity contribution in [1.29, 1.82) is 0 Å². The Morgan fingerprint density at radius 3 is 2.93 bits per heavy atom. The fourth-order valence-corrected chi connectivity index (χ4v) is 1.50. The number of para-hydroxylation sites is 1. The summed E-state index contributed by atoms with van der Waals surface area (Å²) in [5, 5.41) is 5.33. The van der Waals surface area contributed by atoms with E-state index in [0.717, 1.165) is 10.9 Å². The molecule has 0 unspecified atom stereocenters. The second-order valence-electron chi connectivity index (χ2n) is 3.73. The number of benzene rings is 1. The molecule has 4 heteroatoms. The predicted octanol–water partition coefficient (Wildman–Crippen LogP) is 1.30. The smallest absolute Gasteiger partial charge is 0.240 e. The highest BCUT2D eigenvalue weighted by atomic mass is 16.5. The third-order valence-electron chi connectivity index (χ3n) is 2.21. The molecule has 1 heterocycles. The highest BCUT2D eigenvalue weighted by Crippen LogP contribution is 2.23. The highest BCUT2D eigenvalue weighted by molar-refractivity contribution is 5.84. The number of rotatable bonds is 3. The van der Waals surface area contributed by atoms with Crippen LogP contribution in [0.4, 0.5) is 0 Å². The van der Waals surface area contributed by atoms with E-state index in [1.54, 1.807) is 0 Å². The van der Waals surface area contributed by atoms with Crippen LogP contribution in [0.3, 0.4) is 0 Å². The van der Waals surface area contributed by atoms with Crippen molar-refractivity contribution in [3.05, 3.63) is 24.3 Å². The number of hydrogen-bond donors (Lipinski definition) is 1. The molecule has 0 bridgehead atoms. The quantitative estimate of drug-likeness (QED) is 0.821. The van der Waals surface area contributed by atoms with Crippen molar-refractivity contribution in [3.63, 3.8) is 0 Å². The number of aryl methyl sites for hydroxylation is 1. The fraction of sp³-hybridized carbons (Fsp3) is 0.364. The lowest BCUT2D eigenvalue weighted by Gasteiger charge is -2.05. The maximum absolute atomic E-state index is 5.63. The molecular weight excluding hydrogens is 190 g/mol. The maximum atomic E-state index is 5.63. The molecule has 2 aromatic rings. The van der Waals surface area contributed by atoms with Gasteiger partial charge in [0.15, 0.2) is 0 Å². The van der Waals surface area contributed by atoms with Crippen molar-refractivity contribution in [3.8, 4) is 5.88 Å². The van der Waals surface area contributed by atoms with Gasteiger partial charge in [-0.3, -0.25) is 4.68 Å². The summed E-state index contributed by atoms with van der Waals surface area (Å²) in [5.74, 6) is 0.658. The lowest BCUT2D eigenvalue weighted by molar-refractivity contribution is 0.285. The van der Waals surface area contributed by atoms with E-state index < -0.39 is 0 Å². The van der Waals surface area contributed by atoms with Gasteiger partial charge in [-0.2, -0.15) is 0 Å². The zero-order valence-electron chi connectivity index (χ0n) is 8.97. The van der Waals surface area contributed by atoms with Crippen LogP contribution in [0.1, 0.15) is 6.92 Å². The molecule has 2 rings (SSSR count). The van der Waals surface area contributed by atoms with Crippen LogP contribution in [0.15, 0.2) is 24.3 Å². The van der Waals surface area contributed by atoms with E-state index in [1.807, 2.05) is 42.9 Å². The molecule has 80 valence electrons. The Hall–Kier alpha value is -1.55. The molecular formula is C11H15N3O. The normalized spacial score (nSPS) is 13.0. The van der Waals surface area contributed by atoms with E-state index in [-0.39, 0.29) is 6.04 Å². The fourth-order valence-electron chi connectivity index (χ4n) is 1.50. The molecule has 0 aliphatic carbocycles. The molecule has 15 heavy (non-hydrogen) atoms. The highest BCUT2D eigenvalue weighted by Gasteiger charge is 2.08. The Morgan fingerprint density at radius 2 is 2.20 bits per heavy atom. The molecule has 2 N–H and O–H groups in total. The van der Waals surface area contributed by atoms with Crippen LogP contribution >= 0.6 is 0 Å². The Bertz CT molecular complexity index is 462. The van der Waals surface area contributed by atoms with E-state index >= 15 is 0 Å². The van der Waals surface area contributed by atoms with Crippen LogP contribution in [0.25, 0.3) is 10.9 Å². The molecule has 4 nitrogen and oxygen atoms in total. The van der Waals surface area contributed by atoms with Crippen molar-refractivity contribution in [1.82, 2.24) is 9.78 Å². The SMILES string of the molecule is C[C@H](N)COc1nn(C)c2ccccc12. The number of nitrogens with zero attached hydrogens (tertiary/aromatic N) is 2. The van der Waals surface area contributed by atoms with Crippen LogP contribution in [0.5, 0.6) is 5.88 Å². The minimum absolute atomic E-state index is 0.0192. The second kappa shape index (κ2) is 3.90. The largest absolute Gasteiger partial charge is 0.475 e. The zero-order valence-corrected chi connectivity index (χ0v) is 8.97. The summed E-state index contributed by atoms with van der Waals surface area (Å²) in [5.41, 5.74) is 6.70. The van der Waals surface area contributed by atoms with E-state index in [0.29, 0.717) is 12.5 Å². The molecule has 1 aromatic heterocycles. The number of aromatic nitrogens is 2. The van der Waals surface area contributed by atoms with Gasteiger partial charge in [-0.05, 0) is 19.1 Å². The van der Waals surface area contributed by atoms with Crippen LogP contribution in [-0.2, 0) is 7.05 Å². The van der Waals surface area contributed by atoms with Crippen LogP contribution in [0.2, 0.25) is 0 Å². The summed E-state index contributed by atoms with van der Waals surface area (Å²) in [6.07, 6.45) is 0. The Labute approximate surface area is 88.6 Å². The van der Waals surface area contributed by atoms with Crippen molar-refractivity contribution in [2.24, 2.45) is 12.8 Å². The molecule has 0 aliphatic rings. The first kappa shape index (κ1) is 9.98. The summed E-state index contributed by atoms with van der Waals surface area (Å²) in [6.45, 7) is 2.39. The van der Waals surface area contributed by atoms with Crippen molar-refractivity contribution < 1.29 is 4.74 Å². The van der Waals surface area contributed by atoms with Crippen LogP contribution < -0.4 is 10.5 Å². The van der Waals surface area contributed by atoms with Gasteiger partial charge in [0.2, 0.25) is 5.88 Å². The Kier molecular flexibility index (Phi) is 2.60. The minimum atomic E-state index is 0.0192. The van der Waals surface area contributed by atoms with Crippen molar-refractivity contribution in [2.75, 3.05) is 6.61 Å². The summed E-state index contributed by atoms with van der Waals surface area (Å²) in [6, 6.07) is 7.99. The standard InChI is InChI=1S/C11H15N3O/c1-8(12)7-15-11-9-5-3-4-6-10(9)14(2)13-11/h3-6,8H,7,12H2,1-2H3/t8-/m0/s1. The maximum Gasteiger partial charge on any atom is 0.240 e. The average molecular weight is 205 g/mol. The number of ether oxygens (including phenoxy) is 1. The third-order valence-corrected chi connectivity index (χ3v) is 2.21. The van der Waals surface area contributed by atoms with Gasteiger partial charge in [-0.25, -0.2) is 0 Å². The summed E-state index contributed by atoms with van der Waals surface area (Å²) >= 11 is 0. The molecule has 0 amide bonds. The molecule has 1 atom stereocenters. The van der Waals surface area contributed by atoms with Crippen molar-refractivity contribution >= 4 is 10.9 Å². The summed E-state index contributed by atoms with van der Waals surface area (Å²) in [7, 11) is 1.90. The van der Waals surface area contributed by atoms with Crippen LogP contribution in [-0.4, -0.2) is 22.4 Å². The predicted molar refractivity (Wildman–Crippen MR) is 59.9 cm³/mol. The first-order chi connectivity index (χ1) is 7.18. The topological polar surface area (TPSA) is 53.1 Å². The van der Waals surface area contributed by atoms with Gasteiger partial charge in [0.25, 0.3) is 0 Å².